The van der Waals surface area contributed by atoms with Gasteiger partial charge in [-0.1, -0.05) is 41.6 Å². The average molecular weight is 348 g/mol. The number of likely N-dealkylation sites (tertiary alicyclic amines) is 1. The predicted molar refractivity (Wildman–Crippen MR) is 95.3 cm³/mol. The number of carbonyl (C=O) groups excluding carboxylic acids is 1. The molecule has 6 nitrogen and oxygen atoms in total. The fraction of sp³-hybridized carbons (Fsp3) is 0.300. The summed E-state index contributed by atoms with van der Waals surface area (Å²) in [4.78, 5) is 22.8. The molecule has 3 aromatic rings. The summed E-state index contributed by atoms with van der Waals surface area (Å²) in [6, 6.07) is 14.0. The van der Waals surface area contributed by atoms with Gasteiger partial charge in [-0.15, -0.1) is 0 Å². The summed E-state index contributed by atoms with van der Waals surface area (Å²) in [6.45, 7) is 0. The first-order valence-electron chi connectivity index (χ1n) is 8.74. The molecule has 6 heteroatoms. The van der Waals surface area contributed by atoms with E-state index in [1.165, 1.54) is 5.56 Å². The fourth-order valence-corrected chi connectivity index (χ4v) is 3.52. The van der Waals surface area contributed by atoms with Crippen molar-refractivity contribution in [2.24, 2.45) is 0 Å². The molecule has 0 N–H and O–H groups in total. The lowest BCUT2D eigenvalue weighted by Gasteiger charge is -2.23. The van der Waals surface area contributed by atoms with Crippen LogP contribution in [-0.4, -0.2) is 33.0 Å². The number of pyridine rings is 1. The Morgan fingerprint density at radius 2 is 2.00 bits per heavy atom. The van der Waals surface area contributed by atoms with Gasteiger partial charge in [-0.3, -0.25) is 9.78 Å². The van der Waals surface area contributed by atoms with E-state index in [0.717, 1.165) is 12.0 Å². The third-order valence-electron chi connectivity index (χ3n) is 4.89. The van der Waals surface area contributed by atoms with Gasteiger partial charge in [0, 0.05) is 32.3 Å². The molecule has 1 fully saturated rings. The Balaban J connectivity index is 1.53. The molecule has 1 amide bonds. The number of likely N-dealkylation sites (N-methyl/N-ethyl adjacent to an activating group) is 1. The lowest BCUT2D eigenvalue weighted by Crippen LogP contribution is -2.24. The van der Waals surface area contributed by atoms with Crippen molar-refractivity contribution in [2.45, 2.75) is 31.2 Å². The summed E-state index contributed by atoms with van der Waals surface area (Å²) < 4.78 is 5.52. The van der Waals surface area contributed by atoms with Gasteiger partial charge in [-0.05, 0) is 23.6 Å². The molecule has 26 heavy (non-hydrogen) atoms. The Bertz CT molecular complexity index is 879. The predicted octanol–water partition coefficient (Wildman–Crippen LogP) is 2.94. The number of amides is 1. The molecule has 1 aromatic carbocycles. The van der Waals surface area contributed by atoms with Crippen molar-refractivity contribution in [1.29, 1.82) is 0 Å². The molecule has 0 aliphatic carbocycles. The normalized spacial score (nSPS) is 19.9. The molecular formula is C20H20N4O2. The molecule has 1 aliphatic heterocycles. The molecule has 0 bridgehead atoms. The Morgan fingerprint density at radius 1 is 1.15 bits per heavy atom. The van der Waals surface area contributed by atoms with Crippen molar-refractivity contribution in [1.82, 2.24) is 20.0 Å². The molecule has 132 valence electrons. The molecule has 4 rings (SSSR count). The standard InChI is InChI=1S/C20H20N4O2/c1-24-18(25)12-16(19(24)15-8-5-11-21-13-15)20-22-17(23-26-20)10-9-14-6-3-2-4-7-14/h2-8,11,13,16,19H,9-10,12H2,1H3/t16-,19-/m0/s1. The van der Waals surface area contributed by atoms with Crippen LogP contribution in [0.25, 0.3) is 0 Å². The summed E-state index contributed by atoms with van der Waals surface area (Å²) in [5.41, 5.74) is 2.22. The first-order valence-corrected chi connectivity index (χ1v) is 8.74. The van der Waals surface area contributed by atoms with Gasteiger partial charge in [-0.2, -0.15) is 4.98 Å². The molecule has 1 aliphatic rings. The van der Waals surface area contributed by atoms with Crippen LogP contribution in [0.1, 0.15) is 41.2 Å². The van der Waals surface area contributed by atoms with Crippen LogP contribution >= 0.6 is 0 Å². The van der Waals surface area contributed by atoms with Crippen molar-refractivity contribution in [2.75, 3.05) is 7.05 Å². The number of rotatable bonds is 5. The van der Waals surface area contributed by atoms with Crippen LogP contribution in [0, 0.1) is 0 Å². The highest BCUT2D eigenvalue weighted by Gasteiger charge is 2.42. The lowest BCUT2D eigenvalue weighted by atomic mass is 9.94. The molecule has 0 unspecified atom stereocenters. The number of hydrogen-bond donors (Lipinski definition) is 0. The second-order valence-corrected chi connectivity index (χ2v) is 6.58. The summed E-state index contributed by atoms with van der Waals surface area (Å²) in [6.07, 6.45) is 5.45. The number of carbonyl (C=O) groups is 1. The van der Waals surface area contributed by atoms with Gasteiger partial charge in [0.25, 0.3) is 0 Å². The second kappa shape index (κ2) is 7.07. The van der Waals surface area contributed by atoms with E-state index in [2.05, 4.69) is 27.3 Å². The molecule has 1 saturated heterocycles. The summed E-state index contributed by atoms with van der Waals surface area (Å²) in [7, 11) is 1.81. The van der Waals surface area contributed by atoms with Gasteiger partial charge >= 0.3 is 0 Å². The SMILES string of the molecule is CN1C(=O)C[C@H](c2nc(CCc3ccccc3)no2)[C@@H]1c1cccnc1. The Hall–Kier alpha value is -3.02. The van der Waals surface area contributed by atoms with Crippen LogP contribution in [0.4, 0.5) is 0 Å². The van der Waals surface area contributed by atoms with Crippen LogP contribution < -0.4 is 0 Å². The molecule has 2 aromatic heterocycles. The highest BCUT2D eigenvalue weighted by atomic mass is 16.5. The summed E-state index contributed by atoms with van der Waals surface area (Å²) in [5.74, 6) is 1.14. The number of aromatic nitrogens is 3. The smallest absolute Gasteiger partial charge is 0.232 e. The largest absolute Gasteiger partial charge is 0.339 e. The minimum atomic E-state index is -0.144. The second-order valence-electron chi connectivity index (χ2n) is 6.58. The van der Waals surface area contributed by atoms with Crippen molar-refractivity contribution in [3.63, 3.8) is 0 Å². The number of benzene rings is 1. The van der Waals surface area contributed by atoms with Crippen molar-refractivity contribution in [3.05, 3.63) is 77.7 Å². The molecule has 0 saturated carbocycles. The van der Waals surface area contributed by atoms with Gasteiger partial charge < -0.3 is 9.42 Å². The Morgan fingerprint density at radius 3 is 2.77 bits per heavy atom. The maximum absolute atomic E-state index is 12.3. The molecule has 3 heterocycles. The van der Waals surface area contributed by atoms with E-state index < -0.39 is 0 Å². The van der Waals surface area contributed by atoms with Crippen LogP contribution in [0.5, 0.6) is 0 Å². The molecule has 0 radical (unpaired) electrons. The highest BCUT2D eigenvalue weighted by Crippen LogP contribution is 2.42. The fourth-order valence-electron chi connectivity index (χ4n) is 3.52. The van der Waals surface area contributed by atoms with E-state index in [-0.39, 0.29) is 17.9 Å². The van der Waals surface area contributed by atoms with Gasteiger partial charge in [0.2, 0.25) is 11.8 Å². The van der Waals surface area contributed by atoms with E-state index in [0.29, 0.717) is 24.6 Å². The minimum Gasteiger partial charge on any atom is -0.339 e. The van der Waals surface area contributed by atoms with Gasteiger partial charge in [0.1, 0.15) is 0 Å². The summed E-state index contributed by atoms with van der Waals surface area (Å²) in [5, 5.41) is 4.12. The van der Waals surface area contributed by atoms with Crippen molar-refractivity contribution >= 4 is 5.91 Å². The highest BCUT2D eigenvalue weighted by molar-refractivity contribution is 5.80. The quantitative estimate of drug-likeness (QED) is 0.709. The third kappa shape index (κ3) is 3.22. The van der Waals surface area contributed by atoms with E-state index in [1.54, 1.807) is 17.3 Å². The third-order valence-corrected chi connectivity index (χ3v) is 4.89. The van der Waals surface area contributed by atoms with E-state index in [1.807, 2.05) is 37.4 Å². The van der Waals surface area contributed by atoms with E-state index >= 15 is 0 Å². The van der Waals surface area contributed by atoms with Crippen LogP contribution in [0.3, 0.4) is 0 Å². The number of aryl methyl sites for hydroxylation is 2. The molecular weight excluding hydrogens is 328 g/mol. The van der Waals surface area contributed by atoms with E-state index in [9.17, 15) is 4.79 Å². The zero-order chi connectivity index (χ0) is 17.9. The van der Waals surface area contributed by atoms with Crippen LogP contribution in [-0.2, 0) is 17.6 Å². The zero-order valence-electron chi connectivity index (χ0n) is 14.6. The first kappa shape index (κ1) is 16.4. The van der Waals surface area contributed by atoms with Gasteiger partial charge in [0.05, 0.1) is 12.0 Å². The van der Waals surface area contributed by atoms with Crippen LogP contribution in [0.2, 0.25) is 0 Å². The van der Waals surface area contributed by atoms with Crippen molar-refractivity contribution < 1.29 is 9.32 Å². The maximum Gasteiger partial charge on any atom is 0.232 e. The Labute approximate surface area is 151 Å². The number of nitrogens with zero attached hydrogens (tertiary/aromatic N) is 4. The average Bonchev–Trinajstić information content (AvgIpc) is 3.27. The number of hydrogen-bond acceptors (Lipinski definition) is 5. The van der Waals surface area contributed by atoms with Crippen molar-refractivity contribution in [3.8, 4) is 0 Å². The first-order chi connectivity index (χ1) is 12.7. The molecule has 0 spiro atoms. The maximum atomic E-state index is 12.3. The topological polar surface area (TPSA) is 72.1 Å². The zero-order valence-corrected chi connectivity index (χ0v) is 14.6. The molecule has 2 atom stereocenters. The van der Waals surface area contributed by atoms with Gasteiger partial charge in [-0.25, -0.2) is 0 Å². The monoisotopic (exact) mass is 348 g/mol. The Kier molecular flexibility index (Phi) is 4.48. The summed E-state index contributed by atoms with van der Waals surface area (Å²) >= 11 is 0. The lowest BCUT2D eigenvalue weighted by molar-refractivity contribution is -0.127. The van der Waals surface area contributed by atoms with Gasteiger partial charge in [0.15, 0.2) is 5.82 Å². The van der Waals surface area contributed by atoms with E-state index in [4.69, 9.17) is 4.52 Å². The van der Waals surface area contributed by atoms with Crippen LogP contribution in [0.15, 0.2) is 59.4 Å². The minimum absolute atomic E-state index is 0.0767.